The summed E-state index contributed by atoms with van der Waals surface area (Å²) in [5.41, 5.74) is 7.65. The second-order valence-electron chi connectivity index (χ2n) is 5.99. The van der Waals surface area contributed by atoms with Crippen molar-refractivity contribution >= 4 is 0 Å². The van der Waals surface area contributed by atoms with Crippen molar-refractivity contribution in [3.05, 3.63) is 23.8 Å². The zero-order valence-corrected chi connectivity index (χ0v) is 13.7. The van der Waals surface area contributed by atoms with Gasteiger partial charge in [-0.2, -0.15) is 0 Å². The lowest BCUT2D eigenvalue weighted by atomic mass is 9.83. The summed E-state index contributed by atoms with van der Waals surface area (Å²) in [6.07, 6.45) is 3.53. The molecular formula is C17H28N2O2. The number of methoxy groups -OCH3 is 2. The second-order valence-corrected chi connectivity index (χ2v) is 5.99. The van der Waals surface area contributed by atoms with Crippen LogP contribution in [0.1, 0.15) is 44.7 Å². The fourth-order valence-corrected chi connectivity index (χ4v) is 3.29. The van der Waals surface area contributed by atoms with Crippen LogP contribution >= 0.6 is 0 Å². The van der Waals surface area contributed by atoms with Gasteiger partial charge < -0.3 is 15.2 Å². The van der Waals surface area contributed by atoms with Crippen LogP contribution in [0.2, 0.25) is 0 Å². The minimum Gasteiger partial charge on any atom is -0.497 e. The molecule has 1 aromatic carbocycles. The average Bonchev–Trinajstić information content (AvgIpc) is 3.07. The molecule has 0 aliphatic carbocycles. The number of likely N-dealkylation sites (tertiary alicyclic amines) is 1. The van der Waals surface area contributed by atoms with Gasteiger partial charge in [0.25, 0.3) is 0 Å². The highest BCUT2D eigenvalue weighted by Gasteiger charge is 2.39. The molecule has 0 spiro atoms. The molecule has 2 rings (SSSR count). The van der Waals surface area contributed by atoms with E-state index in [-0.39, 0.29) is 11.6 Å². The molecule has 4 heteroatoms. The molecular weight excluding hydrogens is 264 g/mol. The van der Waals surface area contributed by atoms with Crippen LogP contribution in [0.25, 0.3) is 0 Å². The molecule has 1 saturated heterocycles. The van der Waals surface area contributed by atoms with Crippen LogP contribution in [0, 0.1) is 0 Å². The molecule has 118 valence electrons. The normalized spacial score (nSPS) is 20.0. The Bertz CT molecular complexity index is 472. The Morgan fingerprint density at radius 3 is 2.43 bits per heavy atom. The number of hydrogen-bond acceptors (Lipinski definition) is 4. The molecule has 21 heavy (non-hydrogen) atoms. The van der Waals surface area contributed by atoms with E-state index in [9.17, 15) is 0 Å². The minimum atomic E-state index is -0.106. The monoisotopic (exact) mass is 292 g/mol. The number of nitrogens with zero attached hydrogens (tertiary/aromatic N) is 1. The van der Waals surface area contributed by atoms with Crippen molar-refractivity contribution in [2.24, 2.45) is 5.73 Å². The summed E-state index contributed by atoms with van der Waals surface area (Å²) in [7, 11) is 3.37. The average molecular weight is 292 g/mol. The fourth-order valence-electron chi connectivity index (χ4n) is 3.29. The van der Waals surface area contributed by atoms with Gasteiger partial charge >= 0.3 is 0 Å². The van der Waals surface area contributed by atoms with E-state index in [4.69, 9.17) is 15.2 Å². The second kappa shape index (κ2) is 6.67. The zero-order valence-electron chi connectivity index (χ0n) is 13.7. The Labute approximate surface area is 128 Å². The van der Waals surface area contributed by atoms with Gasteiger partial charge in [0, 0.05) is 11.1 Å². The topological polar surface area (TPSA) is 47.7 Å². The van der Waals surface area contributed by atoms with Crippen LogP contribution in [-0.2, 0) is 0 Å². The first-order chi connectivity index (χ1) is 10.1. The highest BCUT2D eigenvalue weighted by Crippen LogP contribution is 2.39. The minimum absolute atomic E-state index is 0.0594. The van der Waals surface area contributed by atoms with Gasteiger partial charge in [-0.15, -0.1) is 0 Å². The molecule has 0 saturated carbocycles. The number of hydrogen-bond donors (Lipinski definition) is 1. The van der Waals surface area contributed by atoms with Crippen LogP contribution in [0.3, 0.4) is 0 Å². The zero-order chi connectivity index (χ0) is 15.5. The molecule has 1 aliphatic heterocycles. The van der Waals surface area contributed by atoms with Gasteiger partial charge in [-0.25, -0.2) is 0 Å². The van der Waals surface area contributed by atoms with Crippen molar-refractivity contribution in [2.45, 2.75) is 44.7 Å². The molecule has 1 aliphatic rings. The standard InChI is InChI=1S/C17H28N2O2/c1-5-17(2,19-10-6-7-11-19)16(18)14-12-13(20-3)8-9-15(14)21-4/h8-9,12,16H,5-7,10-11,18H2,1-4H3. The lowest BCUT2D eigenvalue weighted by molar-refractivity contribution is 0.0988. The SMILES string of the molecule is CCC(C)(C(N)c1cc(OC)ccc1OC)N1CCCC1. The van der Waals surface area contributed by atoms with Crippen LogP contribution in [0.5, 0.6) is 11.5 Å². The molecule has 1 heterocycles. The Balaban J connectivity index is 2.38. The summed E-state index contributed by atoms with van der Waals surface area (Å²) in [6, 6.07) is 5.75. The number of rotatable bonds is 6. The van der Waals surface area contributed by atoms with E-state index < -0.39 is 0 Å². The molecule has 0 radical (unpaired) electrons. The molecule has 0 bridgehead atoms. The molecule has 2 N–H and O–H groups in total. The van der Waals surface area contributed by atoms with E-state index in [1.807, 2.05) is 18.2 Å². The van der Waals surface area contributed by atoms with Crippen molar-refractivity contribution in [3.8, 4) is 11.5 Å². The Morgan fingerprint density at radius 1 is 1.24 bits per heavy atom. The Hall–Kier alpha value is -1.26. The third-order valence-electron chi connectivity index (χ3n) is 4.99. The van der Waals surface area contributed by atoms with Gasteiger partial charge in [0.2, 0.25) is 0 Å². The summed E-state index contributed by atoms with van der Waals surface area (Å²) < 4.78 is 10.9. The van der Waals surface area contributed by atoms with E-state index in [0.29, 0.717) is 0 Å². The maximum Gasteiger partial charge on any atom is 0.123 e. The molecule has 0 aromatic heterocycles. The molecule has 4 nitrogen and oxygen atoms in total. The summed E-state index contributed by atoms with van der Waals surface area (Å²) in [5.74, 6) is 1.66. The first-order valence-electron chi connectivity index (χ1n) is 7.79. The maximum atomic E-state index is 6.69. The number of benzene rings is 1. The van der Waals surface area contributed by atoms with Gasteiger partial charge in [0.15, 0.2) is 0 Å². The van der Waals surface area contributed by atoms with Gasteiger partial charge in [0.05, 0.1) is 20.3 Å². The highest BCUT2D eigenvalue weighted by atomic mass is 16.5. The van der Waals surface area contributed by atoms with Crippen LogP contribution in [0.15, 0.2) is 18.2 Å². The molecule has 1 fully saturated rings. The van der Waals surface area contributed by atoms with Crippen LogP contribution in [-0.4, -0.2) is 37.7 Å². The third-order valence-corrected chi connectivity index (χ3v) is 4.99. The Morgan fingerprint density at radius 2 is 1.90 bits per heavy atom. The molecule has 0 amide bonds. The predicted molar refractivity (Wildman–Crippen MR) is 86.0 cm³/mol. The highest BCUT2D eigenvalue weighted by molar-refractivity contribution is 5.43. The van der Waals surface area contributed by atoms with Gasteiger partial charge in [0.1, 0.15) is 11.5 Å². The molecule has 2 unspecified atom stereocenters. The third kappa shape index (κ3) is 3.01. The quantitative estimate of drug-likeness (QED) is 0.875. The lowest BCUT2D eigenvalue weighted by Gasteiger charge is -2.43. The van der Waals surface area contributed by atoms with E-state index >= 15 is 0 Å². The van der Waals surface area contributed by atoms with Crippen molar-refractivity contribution in [1.29, 1.82) is 0 Å². The smallest absolute Gasteiger partial charge is 0.123 e. The number of nitrogens with two attached hydrogens (primary N) is 1. The lowest BCUT2D eigenvalue weighted by Crippen LogP contribution is -2.51. The summed E-state index contributed by atoms with van der Waals surface area (Å²) >= 11 is 0. The Kier molecular flexibility index (Phi) is 5.12. The maximum absolute atomic E-state index is 6.69. The largest absolute Gasteiger partial charge is 0.497 e. The fraction of sp³-hybridized carbons (Fsp3) is 0.647. The summed E-state index contributed by atoms with van der Waals surface area (Å²) in [4.78, 5) is 2.52. The van der Waals surface area contributed by atoms with Crippen molar-refractivity contribution in [3.63, 3.8) is 0 Å². The van der Waals surface area contributed by atoms with Crippen LogP contribution < -0.4 is 15.2 Å². The van der Waals surface area contributed by atoms with Gasteiger partial charge in [-0.3, -0.25) is 4.90 Å². The van der Waals surface area contributed by atoms with Gasteiger partial charge in [-0.1, -0.05) is 6.92 Å². The van der Waals surface area contributed by atoms with E-state index in [2.05, 4.69) is 18.7 Å². The predicted octanol–water partition coefficient (Wildman–Crippen LogP) is 2.97. The van der Waals surface area contributed by atoms with Crippen LogP contribution in [0.4, 0.5) is 0 Å². The summed E-state index contributed by atoms with van der Waals surface area (Å²) in [6.45, 7) is 6.74. The number of ether oxygens (including phenoxy) is 2. The first-order valence-corrected chi connectivity index (χ1v) is 7.79. The first kappa shape index (κ1) is 16.1. The molecule has 1 aromatic rings. The van der Waals surface area contributed by atoms with E-state index in [0.717, 1.165) is 36.6 Å². The van der Waals surface area contributed by atoms with Gasteiger partial charge in [-0.05, 0) is 57.5 Å². The summed E-state index contributed by atoms with van der Waals surface area (Å²) in [5, 5.41) is 0. The van der Waals surface area contributed by atoms with E-state index in [1.165, 1.54) is 12.8 Å². The molecule has 2 atom stereocenters. The van der Waals surface area contributed by atoms with Crippen molar-refractivity contribution < 1.29 is 9.47 Å². The van der Waals surface area contributed by atoms with Crippen molar-refractivity contribution in [1.82, 2.24) is 4.90 Å². The van der Waals surface area contributed by atoms with E-state index in [1.54, 1.807) is 14.2 Å². The van der Waals surface area contributed by atoms with Crippen molar-refractivity contribution in [2.75, 3.05) is 27.3 Å².